The summed E-state index contributed by atoms with van der Waals surface area (Å²) in [7, 11) is -1.78. The van der Waals surface area contributed by atoms with E-state index in [2.05, 4.69) is 5.32 Å². The molecule has 0 bridgehead atoms. The van der Waals surface area contributed by atoms with Crippen molar-refractivity contribution >= 4 is 33.3 Å². The summed E-state index contributed by atoms with van der Waals surface area (Å²) in [4.78, 5) is 24.3. The van der Waals surface area contributed by atoms with Gasteiger partial charge in [0.25, 0.3) is 5.91 Å². The highest BCUT2D eigenvalue weighted by Crippen LogP contribution is 2.26. The molecule has 1 aliphatic heterocycles. The number of sulfonamides is 1. The Bertz CT molecular complexity index is 1020. The number of hydrogen-bond acceptors (Lipinski definition) is 6. The average molecular weight is 418 g/mol. The van der Waals surface area contributed by atoms with Crippen LogP contribution in [0, 0.1) is 6.92 Å². The van der Waals surface area contributed by atoms with Crippen LogP contribution in [0.4, 0.5) is 11.4 Å². The second kappa shape index (κ2) is 8.52. The standard InChI is InChI=1S/C20H22N2O6S/c1-14-4-9-18(27-2)17(12-14)21-19(23)13-28-20(24)15-5-7-16(8-6-15)22-10-3-11-29(22,25)26/h4-9,12H,3,10-11,13H2,1-2H3,(H,21,23). The molecule has 8 nitrogen and oxygen atoms in total. The van der Waals surface area contributed by atoms with Crippen LogP contribution >= 0.6 is 0 Å². The van der Waals surface area contributed by atoms with Crippen molar-refractivity contribution in [3.63, 3.8) is 0 Å². The fraction of sp³-hybridized carbons (Fsp3) is 0.300. The van der Waals surface area contributed by atoms with Gasteiger partial charge < -0.3 is 14.8 Å². The summed E-state index contributed by atoms with van der Waals surface area (Å²) >= 11 is 0. The summed E-state index contributed by atoms with van der Waals surface area (Å²) < 4.78 is 35.5. The SMILES string of the molecule is COc1ccc(C)cc1NC(=O)COC(=O)c1ccc(N2CCCS2(=O)=O)cc1. The van der Waals surface area contributed by atoms with E-state index in [-0.39, 0.29) is 11.3 Å². The van der Waals surface area contributed by atoms with E-state index in [0.29, 0.717) is 30.1 Å². The summed E-state index contributed by atoms with van der Waals surface area (Å²) in [5.41, 5.74) is 2.16. The van der Waals surface area contributed by atoms with Gasteiger partial charge in [0.2, 0.25) is 10.0 Å². The van der Waals surface area contributed by atoms with Crippen molar-refractivity contribution in [1.29, 1.82) is 0 Å². The number of carbonyl (C=O) groups excluding carboxylic acids is 2. The number of methoxy groups -OCH3 is 1. The van der Waals surface area contributed by atoms with Gasteiger partial charge in [-0.05, 0) is 55.3 Å². The molecule has 0 aliphatic carbocycles. The molecule has 0 atom stereocenters. The lowest BCUT2D eigenvalue weighted by Gasteiger charge is -2.16. The molecule has 1 heterocycles. The molecule has 1 fully saturated rings. The van der Waals surface area contributed by atoms with Crippen LogP contribution in [0.1, 0.15) is 22.3 Å². The fourth-order valence-corrected chi connectivity index (χ4v) is 4.58. The molecule has 0 saturated carbocycles. The van der Waals surface area contributed by atoms with E-state index in [1.54, 1.807) is 24.3 Å². The molecular weight excluding hydrogens is 396 g/mol. The number of nitrogens with one attached hydrogen (secondary N) is 1. The average Bonchev–Trinajstić information content (AvgIpc) is 3.05. The van der Waals surface area contributed by atoms with E-state index in [1.165, 1.54) is 23.5 Å². The van der Waals surface area contributed by atoms with Crippen LogP contribution in [-0.4, -0.2) is 46.3 Å². The molecule has 154 valence electrons. The molecule has 2 aromatic rings. The molecule has 1 N–H and O–H groups in total. The summed E-state index contributed by atoms with van der Waals surface area (Å²) in [5.74, 6) is -0.547. The van der Waals surface area contributed by atoms with Crippen LogP contribution in [0.5, 0.6) is 5.75 Å². The van der Waals surface area contributed by atoms with E-state index in [4.69, 9.17) is 9.47 Å². The van der Waals surface area contributed by atoms with Crippen molar-refractivity contribution in [2.24, 2.45) is 0 Å². The predicted octanol–water partition coefficient (Wildman–Crippen LogP) is 2.34. The summed E-state index contributed by atoms with van der Waals surface area (Å²) in [6.45, 7) is 1.85. The van der Waals surface area contributed by atoms with Crippen molar-refractivity contribution in [3.05, 3.63) is 53.6 Å². The van der Waals surface area contributed by atoms with Crippen LogP contribution in [0.15, 0.2) is 42.5 Å². The van der Waals surface area contributed by atoms with E-state index in [0.717, 1.165) is 5.56 Å². The van der Waals surface area contributed by atoms with E-state index in [1.807, 2.05) is 13.0 Å². The minimum absolute atomic E-state index is 0.123. The molecule has 1 amide bonds. The minimum Gasteiger partial charge on any atom is -0.495 e. The lowest BCUT2D eigenvalue weighted by Crippen LogP contribution is -2.25. The van der Waals surface area contributed by atoms with Gasteiger partial charge >= 0.3 is 5.97 Å². The van der Waals surface area contributed by atoms with Gasteiger partial charge in [0, 0.05) is 6.54 Å². The van der Waals surface area contributed by atoms with Crippen LogP contribution in [-0.2, 0) is 19.6 Å². The third-order valence-corrected chi connectivity index (χ3v) is 6.32. The summed E-state index contributed by atoms with van der Waals surface area (Å²) in [6, 6.07) is 11.4. The quantitative estimate of drug-likeness (QED) is 0.723. The van der Waals surface area contributed by atoms with Crippen LogP contribution < -0.4 is 14.4 Å². The van der Waals surface area contributed by atoms with Crippen LogP contribution in [0.2, 0.25) is 0 Å². The Hall–Kier alpha value is -3.07. The maximum Gasteiger partial charge on any atom is 0.338 e. The van der Waals surface area contributed by atoms with E-state index >= 15 is 0 Å². The fourth-order valence-electron chi connectivity index (χ4n) is 3.01. The lowest BCUT2D eigenvalue weighted by atomic mass is 10.2. The molecule has 9 heteroatoms. The van der Waals surface area contributed by atoms with Crippen molar-refractivity contribution in [2.75, 3.05) is 35.6 Å². The molecule has 1 saturated heterocycles. The third kappa shape index (κ3) is 4.86. The molecule has 3 rings (SSSR count). The van der Waals surface area contributed by atoms with Crippen LogP contribution in [0.3, 0.4) is 0 Å². The molecule has 29 heavy (non-hydrogen) atoms. The summed E-state index contributed by atoms with van der Waals surface area (Å²) in [6.07, 6.45) is 0.576. The Labute approximate surface area is 169 Å². The van der Waals surface area contributed by atoms with Crippen molar-refractivity contribution in [3.8, 4) is 5.75 Å². The lowest BCUT2D eigenvalue weighted by molar-refractivity contribution is -0.119. The monoisotopic (exact) mass is 418 g/mol. The first kappa shape index (κ1) is 20.7. The van der Waals surface area contributed by atoms with Crippen molar-refractivity contribution in [2.45, 2.75) is 13.3 Å². The smallest absolute Gasteiger partial charge is 0.338 e. The zero-order valence-corrected chi connectivity index (χ0v) is 17.0. The van der Waals surface area contributed by atoms with Gasteiger partial charge in [0.05, 0.1) is 29.8 Å². The van der Waals surface area contributed by atoms with Crippen LogP contribution in [0.25, 0.3) is 0 Å². The van der Waals surface area contributed by atoms with Gasteiger partial charge in [0.1, 0.15) is 5.75 Å². The molecule has 0 aromatic heterocycles. The number of ether oxygens (including phenoxy) is 2. The van der Waals surface area contributed by atoms with Gasteiger partial charge in [-0.2, -0.15) is 0 Å². The van der Waals surface area contributed by atoms with Crippen molar-refractivity contribution in [1.82, 2.24) is 0 Å². The predicted molar refractivity (Wildman–Crippen MR) is 109 cm³/mol. The number of benzene rings is 2. The highest BCUT2D eigenvalue weighted by Gasteiger charge is 2.28. The first-order valence-corrected chi connectivity index (χ1v) is 10.6. The largest absolute Gasteiger partial charge is 0.495 e. The molecule has 2 aromatic carbocycles. The zero-order chi connectivity index (χ0) is 21.0. The maximum absolute atomic E-state index is 12.2. The highest BCUT2D eigenvalue weighted by molar-refractivity contribution is 7.93. The maximum atomic E-state index is 12.2. The Balaban J connectivity index is 1.58. The number of carbonyl (C=O) groups is 2. The third-order valence-electron chi connectivity index (χ3n) is 4.45. The van der Waals surface area contributed by atoms with Gasteiger partial charge in [-0.3, -0.25) is 9.10 Å². The molecule has 0 unspecified atom stereocenters. The number of nitrogens with zero attached hydrogens (tertiary/aromatic N) is 1. The topological polar surface area (TPSA) is 102 Å². The second-order valence-corrected chi connectivity index (χ2v) is 8.63. The van der Waals surface area contributed by atoms with Gasteiger partial charge in [0.15, 0.2) is 6.61 Å². The van der Waals surface area contributed by atoms with Gasteiger partial charge in [-0.25, -0.2) is 13.2 Å². The minimum atomic E-state index is -3.28. The number of amides is 1. The van der Waals surface area contributed by atoms with E-state index in [9.17, 15) is 18.0 Å². The number of esters is 1. The van der Waals surface area contributed by atoms with E-state index < -0.39 is 28.5 Å². The Morgan fingerprint density at radius 3 is 2.48 bits per heavy atom. The molecular formula is C20H22N2O6S. The number of aryl methyl sites for hydroxylation is 1. The molecule has 0 spiro atoms. The second-order valence-electron chi connectivity index (χ2n) is 6.62. The normalized spacial score (nSPS) is 15.0. The van der Waals surface area contributed by atoms with Gasteiger partial charge in [-0.1, -0.05) is 6.07 Å². The number of anilines is 2. The van der Waals surface area contributed by atoms with Gasteiger partial charge in [-0.15, -0.1) is 0 Å². The number of hydrogen-bond donors (Lipinski definition) is 1. The molecule has 1 aliphatic rings. The molecule has 0 radical (unpaired) electrons. The summed E-state index contributed by atoms with van der Waals surface area (Å²) in [5, 5.41) is 2.65. The Morgan fingerprint density at radius 1 is 1.14 bits per heavy atom. The highest BCUT2D eigenvalue weighted by atomic mass is 32.2. The first-order valence-electron chi connectivity index (χ1n) is 9.02. The zero-order valence-electron chi connectivity index (χ0n) is 16.2. The first-order chi connectivity index (χ1) is 13.8. The number of rotatable bonds is 6. The Morgan fingerprint density at radius 2 is 1.86 bits per heavy atom. The Kier molecular flexibility index (Phi) is 6.07. The van der Waals surface area contributed by atoms with Crippen molar-refractivity contribution < 1.29 is 27.5 Å².